The molecule has 0 amide bonds. The fourth-order valence-corrected chi connectivity index (χ4v) is 3.23. The number of ether oxygens (including phenoxy) is 1. The zero-order valence-electron chi connectivity index (χ0n) is 9.44. The van der Waals surface area contributed by atoms with E-state index >= 15 is 0 Å². The maximum absolute atomic E-state index is 5.95. The number of benzene rings is 1. The van der Waals surface area contributed by atoms with Crippen molar-refractivity contribution in [1.29, 1.82) is 0 Å². The van der Waals surface area contributed by atoms with Gasteiger partial charge in [-0.1, -0.05) is 22.9 Å². The molecule has 1 aromatic heterocycles. The second-order valence-electron chi connectivity index (χ2n) is 4.30. The van der Waals surface area contributed by atoms with Crippen LogP contribution in [-0.2, 0) is 4.74 Å². The van der Waals surface area contributed by atoms with Crippen LogP contribution in [0.5, 0.6) is 0 Å². The lowest BCUT2D eigenvalue weighted by molar-refractivity contribution is 0.0329. The quantitative estimate of drug-likeness (QED) is 0.925. The standard InChI is InChI=1S/C12H13ClN2OS/c1-16-9-5-8(6-9)14-12-15-10-3-2-7(13)4-11(10)17-12/h2-4,8-9H,5-6H2,1H3,(H,14,15). The highest BCUT2D eigenvalue weighted by Gasteiger charge is 2.29. The Morgan fingerprint density at radius 2 is 2.29 bits per heavy atom. The molecule has 0 aliphatic heterocycles. The normalized spacial score (nSPS) is 23.6. The molecule has 1 saturated carbocycles. The van der Waals surface area contributed by atoms with E-state index in [0.29, 0.717) is 12.1 Å². The Labute approximate surface area is 109 Å². The predicted octanol–water partition coefficient (Wildman–Crippen LogP) is 3.54. The van der Waals surface area contributed by atoms with Gasteiger partial charge in [0.25, 0.3) is 0 Å². The number of fused-ring (bicyclic) bond motifs is 1. The lowest BCUT2D eigenvalue weighted by atomic mass is 9.89. The summed E-state index contributed by atoms with van der Waals surface area (Å²) in [7, 11) is 1.76. The van der Waals surface area contributed by atoms with Crippen LogP contribution in [-0.4, -0.2) is 24.2 Å². The zero-order valence-corrected chi connectivity index (χ0v) is 11.0. The van der Waals surface area contributed by atoms with Gasteiger partial charge in [-0.15, -0.1) is 0 Å². The van der Waals surface area contributed by atoms with Crippen LogP contribution in [0.1, 0.15) is 12.8 Å². The van der Waals surface area contributed by atoms with E-state index in [0.717, 1.165) is 33.2 Å². The van der Waals surface area contributed by atoms with Crippen molar-refractivity contribution in [2.24, 2.45) is 0 Å². The molecule has 1 aliphatic carbocycles. The van der Waals surface area contributed by atoms with Gasteiger partial charge in [-0.2, -0.15) is 0 Å². The van der Waals surface area contributed by atoms with Gasteiger partial charge in [-0.25, -0.2) is 4.98 Å². The summed E-state index contributed by atoms with van der Waals surface area (Å²) in [5.41, 5.74) is 1.00. The molecule has 0 bridgehead atoms. The third-order valence-electron chi connectivity index (χ3n) is 3.11. The zero-order chi connectivity index (χ0) is 11.8. The Hall–Kier alpha value is -0.840. The van der Waals surface area contributed by atoms with Gasteiger partial charge in [-0.3, -0.25) is 0 Å². The number of hydrogen-bond donors (Lipinski definition) is 1. The molecule has 1 N–H and O–H groups in total. The Morgan fingerprint density at radius 1 is 1.47 bits per heavy atom. The van der Waals surface area contributed by atoms with Crippen LogP contribution in [0.25, 0.3) is 10.2 Å². The third kappa shape index (κ3) is 2.25. The van der Waals surface area contributed by atoms with Gasteiger partial charge in [0.1, 0.15) is 0 Å². The number of methoxy groups -OCH3 is 1. The SMILES string of the molecule is COC1CC(Nc2nc3ccc(Cl)cc3s2)C1. The molecule has 0 atom stereocenters. The third-order valence-corrected chi connectivity index (χ3v) is 4.29. The first-order valence-electron chi connectivity index (χ1n) is 5.60. The van der Waals surface area contributed by atoms with E-state index in [1.807, 2.05) is 18.2 Å². The summed E-state index contributed by atoms with van der Waals surface area (Å²) in [5.74, 6) is 0. The van der Waals surface area contributed by atoms with Gasteiger partial charge in [0.2, 0.25) is 0 Å². The number of halogens is 1. The van der Waals surface area contributed by atoms with Gasteiger partial charge in [0, 0.05) is 18.2 Å². The van der Waals surface area contributed by atoms with Crippen LogP contribution in [0.4, 0.5) is 5.13 Å². The summed E-state index contributed by atoms with van der Waals surface area (Å²) in [4.78, 5) is 4.53. The van der Waals surface area contributed by atoms with Gasteiger partial charge in [-0.05, 0) is 31.0 Å². The van der Waals surface area contributed by atoms with E-state index < -0.39 is 0 Å². The Kier molecular flexibility index (Phi) is 2.94. The number of hydrogen-bond acceptors (Lipinski definition) is 4. The van der Waals surface area contributed by atoms with E-state index in [-0.39, 0.29) is 0 Å². The molecule has 2 aromatic rings. The fraction of sp³-hybridized carbons (Fsp3) is 0.417. The van der Waals surface area contributed by atoms with Crippen molar-refractivity contribution in [3.05, 3.63) is 23.2 Å². The maximum atomic E-state index is 5.95. The van der Waals surface area contributed by atoms with E-state index in [9.17, 15) is 0 Å². The van der Waals surface area contributed by atoms with E-state index in [1.54, 1.807) is 18.4 Å². The highest BCUT2D eigenvalue weighted by Crippen LogP contribution is 2.32. The van der Waals surface area contributed by atoms with Crippen molar-refractivity contribution in [2.45, 2.75) is 25.0 Å². The Morgan fingerprint density at radius 3 is 3.06 bits per heavy atom. The van der Waals surface area contributed by atoms with Crippen molar-refractivity contribution in [3.63, 3.8) is 0 Å². The lowest BCUT2D eigenvalue weighted by Gasteiger charge is -2.34. The minimum Gasteiger partial charge on any atom is -0.381 e. The largest absolute Gasteiger partial charge is 0.381 e. The van der Waals surface area contributed by atoms with Crippen molar-refractivity contribution >= 4 is 38.3 Å². The van der Waals surface area contributed by atoms with Gasteiger partial charge < -0.3 is 10.1 Å². The van der Waals surface area contributed by atoms with E-state index in [4.69, 9.17) is 16.3 Å². The number of thiazole rings is 1. The monoisotopic (exact) mass is 268 g/mol. The van der Waals surface area contributed by atoms with Gasteiger partial charge in [0.15, 0.2) is 5.13 Å². The summed E-state index contributed by atoms with van der Waals surface area (Å²) < 4.78 is 6.38. The molecule has 1 aromatic carbocycles. The van der Waals surface area contributed by atoms with Crippen molar-refractivity contribution < 1.29 is 4.74 Å². The molecule has 0 radical (unpaired) electrons. The minimum absolute atomic E-state index is 0.413. The molecule has 3 rings (SSSR count). The molecule has 1 fully saturated rings. The molecule has 0 unspecified atom stereocenters. The first-order valence-corrected chi connectivity index (χ1v) is 6.79. The molecule has 1 aliphatic rings. The van der Waals surface area contributed by atoms with Crippen LogP contribution in [0.15, 0.2) is 18.2 Å². The topological polar surface area (TPSA) is 34.1 Å². The molecule has 90 valence electrons. The first kappa shape index (κ1) is 11.3. The number of nitrogens with one attached hydrogen (secondary N) is 1. The maximum Gasteiger partial charge on any atom is 0.184 e. The Bertz CT molecular complexity index is 536. The minimum atomic E-state index is 0.413. The van der Waals surface area contributed by atoms with Crippen LogP contribution in [0.3, 0.4) is 0 Å². The molecule has 17 heavy (non-hydrogen) atoms. The Balaban J connectivity index is 1.73. The fourth-order valence-electron chi connectivity index (χ4n) is 2.01. The average Bonchev–Trinajstić information content (AvgIpc) is 2.64. The summed E-state index contributed by atoms with van der Waals surface area (Å²) >= 11 is 7.60. The van der Waals surface area contributed by atoms with Crippen molar-refractivity contribution in [3.8, 4) is 0 Å². The van der Waals surface area contributed by atoms with E-state index in [1.165, 1.54) is 0 Å². The van der Waals surface area contributed by atoms with Crippen molar-refractivity contribution in [2.75, 3.05) is 12.4 Å². The molecule has 5 heteroatoms. The van der Waals surface area contributed by atoms with Crippen LogP contribution in [0, 0.1) is 0 Å². The smallest absolute Gasteiger partial charge is 0.184 e. The van der Waals surface area contributed by atoms with Crippen LogP contribution in [0.2, 0.25) is 5.02 Å². The summed E-state index contributed by atoms with van der Waals surface area (Å²) in [6, 6.07) is 6.28. The predicted molar refractivity (Wildman–Crippen MR) is 72.1 cm³/mol. The highest BCUT2D eigenvalue weighted by atomic mass is 35.5. The molecule has 0 saturated heterocycles. The van der Waals surface area contributed by atoms with Crippen molar-refractivity contribution in [1.82, 2.24) is 4.98 Å². The molecular formula is C12H13ClN2OS. The molecule has 0 spiro atoms. The lowest BCUT2D eigenvalue weighted by Crippen LogP contribution is -2.40. The number of rotatable bonds is 3. The summed E-state index contributed by atoms with van der Waals surface area (Å²) in [5, 5.41) is 5.17. The van der Waals surface area contributed by atoms with Gasteiger partial charge in [0.05, 0.1) is 16.3 Å². The first-order chi connectivity index (χ1) is 8.24. The molecular weight excluding hydrogens is 256 g/mol. The highest BCUT2D eigenvalue weighted by molar-refractivity contribution is 7.22. The second-order valence-corrected chi connectivity index (χ2v) is 5.77. The average molecular weight is 269 g/mol. The number of anilines is 1. The molecule has 1 heterocycles. The van der Waals surface area contributed by atoms with Gasteiger partial charge >= 0.3 is 0 Å². The molecule has 3 nitrogen and oxygen atoms in total. The number of aromatic nitrogens is 1. The second kappa shape index (κ2) is 4.44. The number of nitrogens with zero attached hydrogens (tertiary/aromatic N) is 1. The van der Waals surface area contributed by atoms with Crippen LogP contribution >= 0.6 is 22.9 Å². The summed E-state index contributed by atoms with van der Waals surface area (Å²) in [6.07, 6.45) is 2.54. The van der Waals surface area contributed by atoms with E-state index in [2.05, 4.69) is 10.3 Å². The van der Waals surface area contributed by atoms with Crippen LogP contribution < -0.4 is 5.32 Å². The summed E-state index contributed by atoms with van der Waals surface area (Å²) in [6.45, 7) is 0.